The van der Waals surface area contributed by atoms with Gasteiger partial charge in [-0.2, -0.15) is 0 Å². The fourth-order valence-corrected chi connectivity index (χ4v) is 3.73. The molecule has 0 saturated carbocycles. The van der Waals surface area contributed by atoms with Crippen molar-refractivity contribution in [2.45, 2.75) is 0 Å². The summed E-state index contributed by atoms with van der Waals surface area (Å²) in [6, 6.07) is 10.7. The minimum Gasteiger partial charge on any atom is -0.872 e. The van der Waals surface area contributed by atoms with Gasteiger partial charge in [-0.05, 0) is 29.8 Å². The molecule has 5 nitrogen and oxygen atoms in total. The molecule has 1 heterocycles. The summed E-state index contributed by atoms with van der Waals surface area (Å²) in [5, 5.41) is 21.2. The van der Waals surface area contributed by atoms with Gasteiger partial charge in [-0.1, -0.05) is 65.6 Å². The molecule has 0 radical (unpaired) electrons. The second-order valence-electron chi connectivity index (χ2n) is 5.02. The summed E-state index contributed by atoms with van der Waals surface area (Å²) in [5.74, 6) is -2.39. The number of amides is 1. The summed E-state index contributed by atoms with van der Waals surface area (Å²) < 4.78 is 0.248. The SMILES string of the molecule is O=C(O)c1cc(N2C(=O)/C(=C/c3ccccc3Cl)SC2=S)ccc1[O-]. The van der Waals surface area contributed by atoms with Crippen LogP contribution in [0.2, 0.25) is 5.02 Å². The van der Waals surface area contributed by atoms with Crippen LogP contribution in [0.4, 0.5) is 5.69 Å². The first-order valence-electron chi connectivity index (χ1n) is 6.95. The van der Waals surface area contributed by atoms with Gasteiger partial charge in [-0.25, -0.2) is 4.79 Å². The normalized spacial score (nSPS) is 15.9. The lowest BCUT2D eigenvalue weighted by Crippen LogP contribution is -2.27. The lowest BCUT2D eigenvalue weighted by molar-refractivity contribution is -0.268. The van der Waals surface area contributed by atoms with E-state index in [9.17, 15) is 14.7 Å². The molecule has 1 saturated heterocycles. The van der Waals surface area contributed by atoms with Gasteiger partial charge < -0.3 is 10.2 Å². The highest BCUT2D eigenvalue weighted by atomic mass is 35.5. The van der Waals surface area contributed by atoms with E-state index in [1.807, 2.05) is 0 Å². The molecule has 0 spiro atoms. The number of carboxylic acids is 1. The van der Waals surface area contributed by atoms with E-state index in [-0.39, 0.29) is 10.0 Å². The van der Waals surface area contributed by atoms with E-state index in [2.05, 4.69) is 0 Å². The molecule has 25 heavy (non-hydrogen) atoms. The van der Waals surface area contributed by atoms with Gasteiger partial charge in [0.25, 0.3) is 5.91 Å². The summed E-state index contributed by atoms with van der Waals surface area (Å²) in [5.41, 5.74) is 0.495. The van der Waals surface area contributed by atoms with E-state index in [4.69, 9.17) is 28.9 Å². The fourth-order valence-electron chi connectivity index (χ4n) is 2.25. The smallest absolute Gasteiger partial charge is 0.335 e. The Kier molecular flexibility index (Phi) is 4.80. The number of nitrogens with zero attached hydrogens (tertiary/aromatic N) is 1. The van der Waals surface area contributed by atoms with Crippen LogP contribution in [0.25, 0.3) is 6.08 Å². The number of halogens is 1. The third kappa shape index (κ3) is 3.39. The van der Waals surface area contributed by atoms with Crippen LogP contribution >= 0.6 is 35.6 Å². The van der Waals surface area contributed by atoms with Gasteiger partial charge in [0.15, 0.2) is 4.32 Å². The van der Waals surface area contributed by atoms with Gasteiger partial charge in [0, 0.05) is 5.02 Å². The summed E-state index contributed by atoms with van der Waals surface area (Å²) in [6.45, 7) is 0. The maximum Gasteiger partial charge on any atom is 0.335 e. The second-order valence-corrected chi connectivity index (χ2v) is 7.11. The van der Waals surface area contributed by atoms with Crippen LogP contribution in [0, 0.1) is 0 Å². The first kappa shape index (κ1) is 17.5. The summed E-state index contributed by atoms with van der Waals surface area (Å²) in [6.07, 6.45) is 1.63. The largest absolute Gasteiger partial charge is 0.872 e. The van der Waals surface area contributed by atoms with Gasteiger partial charge in [0.1, 0.15) is 0 Å². The Morgan fingerprint density at radius 2 is 2.00 bits per heavy atom. The monoisotopic (exact) mass is 390 g/mol. The molecule has 8 heteroatoms. The molecule has 1 N–H and O–H groups in total. The van der Waals surface area contributed by atoms with Crippen molar-refractivity contribution in [3.63, 3.8) is 0 Å². The minimum absolute atomic E-state index is 0.238. The molecule has 0 aromatic heterocycles. The number of rotatable bonds is 3. The summed E-state index contributed by atoms with van der Waals surface area (Å²) in [7, 11) is 0. The molecule has 0 unspecified atom stereocenters. The summed E-state index contributed by atoms with van der Waals surface area (Å²) in [4.78, 5) is 25.4. The lowest BCUT2D eigenvalue weighted by Gasteiger charge is -2.18. The van der Waals surface area contributed by atoms with Gasteiger partial charge in [0.2, 0.25) is 0 Å². The Bertz CT molecular complexity index is 942. The highest BCUT2D eigenvalue weighted by Crippen LogP contribution is 2.37. The van der Waals surface area contributed by atoms with Crippen LogP contribution in [0.3, 0.4) is 0 Å². The fraction of sp³-hybridized carbons (Fsp3) is 0. The molecule has 1 aliphatic rings. The zero-order valence-corrected chi connectivity index (χ0v) is 14.8. The molecular formula is C17H9ClNO4S2-. The Balaban J connectivity index is 1.99. The van der Waals surface area contributed by atoms with E-state index in [0.29, 0.717) is 15.5 Å². The topological polar surface area (TPSA) is 80.7 Å². The highest BCUT2D eigenvalue weighted by Gasteiger charge is 2.33. The first-order valence-corrected chi connectivity index (χ1v) is 8.55. The predicted molar refractivity (Wildman–Crippen MR) is 100.0 cm³/mol. The number of aromatic carboxylic acids is 1. The molecule has 0 atom stereocenters. The maximum atomic E-state index is 12.7. The van der Waals surface area contributed by atoms with Crippen molar-refractivity contribution < 1.29 is 19.8 Å². The Morgan fingerprint density at radius 3 is 2.68 bits per heavy atom. The zero-order valence-electron chi connectivity index (χ0n) is 12.4. The third-order valence-corrected chi connectivity index (χ3v) is 5.08. The standard InChI is InChI=1S/C17H10ClNO4S2/c18-12-4-2-1-3-9(12)7-14-15(21)19(17(24)25-14)10-5-6-13(20)11(8-10)16(22)23/h1-8,20H,(H,22,23)/p-1/b14-7-. The predicted octanol–water partition coefficient (Wildman–Crippen LogP) is 3.52. The molecule has 0 bridgehead atoms. The van der Waals surface area contributed by atoms with E-state index < -0.39 is 23.2 Å². The minimum atomic E-state index is -1.36. The number of benzene rings is 2. The zero-order chi connectivity index (χ0) is 18.1. The van der Waals surface area contributed by atoms with Crippen molar-refractivity contribution in [2.24, 2.45) is 0 Å². The van der Waals surface area contributed by atoms with Crippen LogP contribution in [-0.4, -0.2) is 21.3 Å². The average Bonchev–Trinajstić information content (AvgIpc) is 2.84. The van der Waals surface area contributed by atoms with Gasteiger partial charge in [0.05, 0.1) is 16.2 Å². The van der Waals surface area contributed by atoms with Crippen molar-refractivity contribution in [3.05, 3.63) is 63.5 Å². The van der Waals surface area contributed by atoms with E-state index in [1.165, 1.54) is 11.0 Å². The quantitative estimate of drug-likeness (QED) is 0.638. The van der Waals surface area contributed by atoms with Crippen LogP contribution in [0.15, 0.2) is 47.4 Å². The number of thiocarbonyl (C=S) groups is 1. The molecule has 126 valence electrons. The highest BCUT2D eigenvalue weighted by molar-refractivity contribution is 8.27. The molecule has 1 aliphatic heterocycles. The maximum absolute atomic E-state index is 12.7. The first-order chi connectivity index (χ1) is 11.9. The van der Waals surface area contributed by atoms with Crippen molar-refractivity contribution >= 4 is 63.5 Å². The molecule has 1 fully saturated rings. The second kappa shape index (κ2) is 6.87. The number of carbonyl (C=O) groups excluding carboxylic acids is 1. The van der Waals surface area contributed by atoms with Gasteiger partial charge in [-0.15, -0.1) is 0 Å². The number of carboxylic acid groups (broad SMARTS) is 1. The summed E-state index contributed by atoms with van der Waals surface area (Å²) >= 11 is 12.4. The van der Waals surface area contributed by atoms with Crippen LogP contribution < -0.4 is 10.0 Å². The Hall–Kier alpha value is -2.35. The molecule has 2 aromatic carbocycles. The number of hydrogen-bond acceptors (Lipinski definition) is 5. The number of thioether (sulfide) groups is 1. The van der Waals surface area contributed by atoms with Crippen molar-refractivity contribution in [1.29, 1.82) is 0 Å². The number of anilines is 1. The van der Waals surface area contributed by atoms with E-state index in [1.54, 1.807) is 30.3 Å². The van der Waals surface area contributed by atoms with Gasteiger partial charge >= 0.3 is 5.97 Å². The van der Waals surface area contributed by atoms with Crippen LogP contribution in [-0.2, 0) is 4.79 Å². The average molecular weight is 391 g/mol. The third-order valence-electron chi connectivity index (χ3n) is 3.44. The lowest BCUT2D eigenvalue weighted by atomic mass is 10.1. The molecule has 0 aliphatic carbocycles. The number of hydrogen-bond donors (Lipinski definition) is 1. The van der Waals surface area contributed by atoms with Crippen molar-refractivity contribution in [1.82, 2.24) is 0 Å². The Labute approximate surface area is 157 Å². The molecule has 3 rings (SSSR count). The van der Waals surface area contributed by atoms with Crippen LogP contribution in [0.1, 0.15) is 15.9 Å². The van der Waals surface area contributed by atoms with E-state index >= 15 is 0 Å². The van der Waals surface area contributed by atoms with Crippen molar-refractivity contribution in [2.75, 3.05) is 4.90 Å². The molecular weight excluding hydrogens is 382 g/mol. The number of carbonyl (C=O) groups is 2. The van der Waals surface area contributed by atoms with E-state index in [0.717, 1.165) is 23.9 Å². The van der Waals surface area contributed by atoms with Crippen molar-refractivity contribution in [3.8, 4) is 5.75 Å². The Morgan fingerprint density at radius 1 is 1.28 bits per heavy atom. The molecule has 1 amide bonds. The van der Waals surface area contributed by atoms with Crippen LogP contribution in [0.5, 0.6) is 5.75 Å². The molecule has 2 aromatic rings. The van der Waals surface area contributed by atoms with Gasteiger partial charge in [-0.3, -0.25) is 9.69 Å².